The molecule has 0 fully saturated rings. The third-order valence-corrected chi connectivity index (χ3v) is 6.38. The number of thiazole rings is 2. The maximum absolute atomic E-state index is 12.8. The maximum Gasteiger partial charge on any atom is 0.223 e. The summed E-state index contributed by atoms with van der Waals surface area (Å²) >= 11 is 6.59. The predicted octanol–water partition coefficient (Wildman–Crippen LogP) is 3.19. The Bertz CT molecular complexity index is 844. The zero-order valence-electron chi connectivity index (χ0n) is 12.6. The normalized spacial score (nSPS) is 17.0. The molecule has 0 saturated heterocycles. The van der Waals surface area contributed by atoms with Gasteiger partial charge >= 0.3 is 0 Å². The highest BCUT2D eigenvalue weighted by Crippen LogP contribution is 2.37. The van der Waals surface area contributed by atoms with Gasteiger partial charge in [-0.25, -0.2) is 15.0 Å². The van der Waals surface area contributed by atoms with Gasteiger partial charge < -0.3 is 9.88 Å². The molecule has 124 valence electrons. The van der Waals surface area contributed by atoms with Crippen LogP contribution in [-0.4, -0.2) is 37.3 Å². The van der Waals surface area contributed by atoms with Crippen molar-refractivity contribution < 1.29 is 4.79 Å². The van der Waals surface area contributed by atoms with Crippen LogP contribution in [0.15, 0.2) is 27.9 Å². The number of aromatic amines is 1. The molecule has 1 aliphatic rings. The van der Waals surface area contributed by atoms with Crippen molar-refractivity contribution in [1.82, 2.24) is 24.8 Å². The van der Waals surface area contributed by atoms with E-state index in [2.05, 4.69) is 35.9 Å². The van der Waals surface area contributed by atoms with Gasteiger partial charge in [0, 0.05) is 43.1 Å². The summed E-state index contributed by atoms with van der Waals surface area (Å²) in [6, 6.07) is -0.208. The number of carbonyl (C=O) groups is 1. The first-order valence-electron chi connectivity index (χ1n) is 7.53. The van der Waals surface area contributed by atoms with E-state index >= 15 is 0 Å². The summed E-state index contributed by atoms with van der Waals surface area (Å²) < 4.78 is 0.954. The Morgan fingerprint density at radius 1 is 1.42 bits per heavy atom. The van der Waals surface area contributed by atoms with E-state index in [1.54, 1.807) is 41.4 Å². The number of carbonyl (C=O) groups excluding carboxylic acids is 1. The molecular formula is C15H14BrN5OS2. The second-order valence-electron chi connectivity index (χ2n) is 5.43. The summed E-state index contributed by atoms with van der Waals surface area (Å²) in [5.41, 5.74) is 2.00. The van der Waals surface area contributed by atoms with Crippen LogP contribution in [0.2, 0.25) is 0 Å². The van der Waals surface area contributed by atoms with Crippen LogP contribution in [-0.2, 0) is 17.6 Å². The minimum absolute atomic E-state index is 0.121. The maximum atomic E-state index is 12.8. The van der Waals surface area contributed by atoms with Gasteiger partial charge in [-0.05, 0) is 15.9 Å². The first-order valence-corrected chi connectivity index (χ1v) is 10.0. The molecule has 0 spiro atoms. The Morgan fingerprint density at radius 2 is 2.33 bits per heavy atom. The van der Waals surface area contributed by atoms with Crippen LogP contribution in [0.25, 0.3) is 0 Å². The highest BCUT2D eigenvalue weighted by atomic mass is 79.9. The minimum Gasteiger partial charge on any atom is -0.348 e. The minimum atomic E-state index is -0.208. The molecule has 24 heavy (non-hydrogen) atoms. The van der Waals surface area contributed by atoms with Gasteiger partial charge in [0.15, 0.2) is 0 Å². The van der Waals surface area contributed by atoms with Gasteiger partial charge in [-0.2, -0.15) is 0 Å². The van der Waals surface area contributed by atoms with Crippen LogP contribution in [0.4, 0.5) is 0 Å². The van der Waals surface area contributed by atoms with E-state index in [0.29, 0.717) is 19.4 Å². The number of halogens is 1. The number of nitrogens with one attached hydrogen (secondary N) is 1. The van der Waals surface area contributed by atoms with Crippen molar-refractivity contribution in [3.8, 4) is 0 Å². The summed E-state index contributed by atoms with van der Waals surface area (Å²) in [5.74, 6) is 0.121. The molecule has 0 unspecified atom stereocenters. The number of H-pyrrole nitrogens is 1. The van der Waals surface area contributed by atoms with Gasteiger partial charge in [-0.3, -0.25) is 4.79 Å². The van der Waals surface area contributed by atoms with Crippen LogP contribution >= 0.6 is 38.6 Å². The van der Waals surface area contributed by atoms with Crippen LogP contribution in [0.1, 0.15) is 33.9 Å². The molecule has 0 aromatic carbocycles. The summed E-state index contributed by atoms with van der Waals surface area (Å²) in [6.07, 6.45) is 7.17. The Hall–Kier alpha value is -1.58. The molecule has 6 nitrogen and oxygen atoms in total. The molecule has 1 atom stereocenters. The second-order valence-corrected chi connectivity index (χ2v) is 8.86. The number of aromatic nitrogens is 4. The average Bonchev–Trinajstić information content (AvgIpc) is 3.32. The summed E-state index contributed by atoms with van der Waals surface area (Å²) in [6.45, 7) is 0.674. The van der Waals surface area contributed by atoms with E-state index in [0.717, 1.165) is 31.6 Å². The van der Waals surface area contributed by atoms with E-state index in [1.165, 1.54) is 0 Å². The van der Waals surface area contributed by atoms with Crippen molar-refractivity contribution >= 4 is 44.5 Å². The zero-order chi connectivity index (χ0) is 16.5. The number of nitrogens with zero attached hydrogens (tertiary/aromatic N) is 4. The molecule has 3 aromatic rings. The van der Waals surface area contributed by atoms with Gasteiger partial charge in [0.1, 0.15) is 11.0 Å². The van der Waals surface area contributed by atoms with Gasteiger partial charge in [-0.15, -0.1) is 22.7 Å². The fourth-order valence-electron chi connectivity index (χ4n) is 2.92. The van der Waals surface area contributed by atoms with E-state index in [4.69, 9.17) is 0 Å². The Labute approximate surface area is 155 Å². The monoisotopic (exact) mass is 423 g/mol. The molecule has 4 heterocycles. The Morgan fingerprint density at radius 3 is 3.08 bits per heavy atom. The molecule has 9 heteroatoms. The van der Waals surface area contributed by atoms with E-state index < -0.39 is 0 Å². The lowest BCUT2D eigenvalue weighted by Crippen LogP contribution is -2.40. The fourth-order valence-corrected chi connectivity index (χ4v) is 4.90. The second kappa shape index (κ2) is 6.73. The van der Waals surface area contributed by atoms with Crippen LogP contribution < -0.4 is 0 Å². The molecule has 0 saturated carbocycles. The van der Waals surface area contributed by atoms with Crippen molar-refractivity contribution in [2.45, 2.75) is 25.3 Å². The van der Waals surface area contributed by atoms with Crippen molar-refractivity contribution in [3.63, 3.8) is 0 Å². The molecular weight excluding hydrogens is 410 g/mol. The Balaban J connectivity index is 1.60. The molecule has 0 aliphatic carbocycles. The zero-order valence-corrected chi connectivity index (χ0v) is 15.8. The van der Waals surface area contributed by atoms with Crippen molar-refractivity contribution in [1.29, 1.82) is 0 Å². The smallest absolute Gasteiger partial charge is 0.223 e. The number of rotatable bonds is 4. The number of aryl methyl sites for hydroxylation is 1. The predicted molar refractivity (Wildman–Crippen MR) is 96.1 cm³/mol. The summed E-state index contributed by atoms with van der Waals surface area (Å²) in [5, 5.41) is 3.82. The molecule has 0 bridgehead atoms. The van der Waals surface area contributed by atoms with Crippen LogP contribution in [0.5, 0.6) is 0 Å². The van der Waals surface area contributed by atoms with Crippen LogP contribution in [0.3, 0.4) is 0 Å². The first kappa shape index (κ1) is 15.9. The third kappa shape index (κ3) is 3.03. The molecule has 1 amide bonds. The number of amides is 1. The van der Waals surface area contributed by atoms with Gasteiger partial charge in [0.25, 0.3) is 0 Å². The van der Waals surface area contributed by atoms with Crippen LogP contribution in [0, 0.1) is 0 Å². The lowest BCUT2D eigenvalue weighted by molar-refractivity contribution is -0.133. The first-order chi connectivity index (χ1) is 11.7. The van der Waals surface area contributed by atoms with Gasteiger partial charge in [-0.1, -0.05) is 0 Å². The quantitative estimate of drug-likeness (QED) is 0.698. The number of imidazole rings is 1. The van der Waals surface area contributed by atoms with Crippen molar-refractivity contribution in [2.75, 3.05) is 6.54 Å². The summed E-state index contributed by atoms with van der Waals surface area (Å²) in [7, 11) is 0. The van der Waals surface area contributed by atoms with Crippen molar-refractivity contribution in [3.05, 3.63) is 49.3 Å². The molecule has 1 aliphatic heterocycles. The topological polar surface area (TPSA) is 74.8 Å². The van der Waals surface area contributed by atoms with Crippen molar-refractivity contribution in [2.24, 2.45) is 0 Å². The number of hydrogen-bond acceptors (Lipinski definition) is 6. The van der Waals surface area contributed by atoms with E-state index in [-0.39, 0.29) is 11.9 Å². The molecule has 0 radical (unpaired) electrons. The number of hydrogen-bond donors (Lipinski definition) is 1. The lowest BCUT2D eigenvalue weighted by atomic mass is 10.0. The SMILES string of the molecule is O=C(CCc1nccs1)N1CCc2[nH]cnc2[C@H]1c1ncc(Br)s1. The van der Waals surface area contributed by atoms with Gasteiger partial charge in [0.2, 0.25) is 5.91 Å². The molecule has 3 aromatic heterocycles. The largest absolute Gasteiger partial charge is 0.348 e. The Kier molecular flexibility index (Phi) is 4.47. The third-order valence-electron chi connectivity index (χ3n) is 4.01. The van der Waals surface area contributed by atoms with Gasteiger partial charge in [0.05, 0.1) is 27.0 Å². The lowest BCUT2D eigenvalue weighted by Gasteiger charge is -2.33. The summed E-state index contributed by atoms with van der Waals surface area (Å²) in [4.78, 5) is 31.1. The van der Waals surface area contributed by atoms with E-state index in [1.807, 2.05) is 10.3 Å². The molecule has 4 rings (SSSR count). The fraction of sp³-hybridized carbons (Fsp3) is 0.333. The van der Waals surface area contributed by atoms with E-state index in [9.17, 15) is 4.79 Å². The standard InChI is InChI=1S/C15H14BrN5OS2/c16-10-7-18-15(24-10)14-13-9(19-8-20-13)3-5-21(14)12(22)2-1-11-17-4-6-23-11/h4,6-8,14H,1-3,5H2,(H,19,20)/t14-/m0/s1. The molecule has 1 N–H and O–H groups in total. The highest BCUT2D eigenvalue weighted by Gasteiger charge is 2.35. The number of fused-ring (bicyclic) bond motifs is 1. The highest BCUT2D eigenvalue weighted by molar-refractivity contribution is 9.11. The average molecular weight is 424 g/mol.